The molecule has 76 heavy (non-hydrogen) atoms. The van der Waals surface area contributed by atoms with Gasteiger partial charge < -0.3 is 15.5 Å². The first-order valence-electron chi connectivity index (χ1n) is 35.2. The number of aliphatic hydroxyl groups excluding tert-OH is 2. The van der Waals surface area contributed by atoms with Gasteiger partial charge >= 0.3 is 0 Å². The van der Waals surface area contributed by atoms with Crippen LogP contribution in [-0.4, -0.2) is 34.9 Å². The Morgan fingerprint density at radius 1 is 0.303 bits per heavy atom. The van der Waals surface area contributed by atoms with E-state index in [1.807, 2.05) is 6.08 Å². The van der Waals surface area contributed by atoms with Crippen molar-refractivity contribution in [2.75, 3.05) is 6.61 Å². The highest BCUT2D eigenvalue weighted by atomic mass is 16.3. The lowest BCUT2D eigenvalue weighted by atomic mass is 10.0. The second-order valence-electron chi connectivity index (χ2n) is 24.3. The zero-order chi connectivity index (χ0) is 54.8. The smallest absolute Gasteiger partial charge is 0.220 e. The molecule has 0 aliphatic heterocycles. The molecule has 450 valence electrons. The minimum atomic E-state index is -0.863. The van der Waals surface area contributed by atoms with Crippen LogP contribution in [0.3, 0.4) is 0 Å². The van der Waals surface area contributed by atoms with E-state index >= 15 is 0 Å². The van der Waals surface area contributed by atoms with Crippen molar-refractivity contribution in [1.29, 1.82) is 0 Å². The van der Waals surface area contributed by atoms with Crippen molar-refractivity contribution >= 4 is 5.91 Å². The maximum absolute atomic E-state index is 12.5. The van der Waals surface area contributed by atoms with Gasteiger partial charge in [-0.2, -0.15) is 0 Å². The van der Waals surface area contributed by atoms with Crippen molar-refractivity contribution in [3.05, 3.63) is 36.5 Å². The predicted octanol–water partition coefficient (Wildman–Crippen LogP) is 23.9. The molecule has 0 radical (unpaired) electrons. The Morgan fingerprint density at radius 2 is 0.513 bits per heavy atom. The molecule has 0 aliphatic carbocycles. The highest BCUT2D eigenvalue weighted by Crippen LogP contribution is 2.19. The van der Waals surface area contributed by atoms with Crippen molar-refractivity contribution in [1.82, 2.24) is 5.32 Å². The molecular formula is C72H139NO3. The summed E-state index contributed by atoms with van der Waals surface area (Å²) in [5.74, 6) is -0.0662. The van der Waals surface area contributed by atoms with Crippen LogP contribution in [-0.2, 0) is 4.79 Å². The zero-order valence-electron chi connectivity index (χ0n) is 52.1. The van der Waals surface area contributed by atoms with Gasteiger partial charge in [-0.05, 0) is 57.8 Å². The van der Waals surface area contributed by atoms with Gasteiger partial charge in [-0.25, -0.2) is 0 Å². The fourth-order valence-electron chi connectivity index (χ4n) is 11.3. The van der Waals surface area contributed by atoms with E-state index in [4.69, 9.17) is 0 Å². The van der Waals surface area contributed by atoms with E-state index in [0.717, 1.165) is 32.1 Å². The first-order valence-corrected chi connectivity index (χ1v) is 35.2. The summed E-state index contributed by atoms with van der Waals surface area (Å²) in [6, 6.07) is -0.639. The molecule has 0 bridgehead atoms. The number of hydrogen-bond acceptors (Lipinski definition) is 3. The number of allylic oxidation sites excluding steroid dienone is 5. The lowest BCUT2D eigenvalue weighted by molar-refractivity contribution is -0.123. The molecule has 0 heterocycles. The first-order chi connectivity index (χ1) is 37.7. The lowest BCUT2D eigenvalue weighted by Gasteiger charge is -2.19. The monoisotopic (exact) mass is 1070 g/mol. The van der Waals surface area contributed by atoms with Crippen molar-refractivity contribution in [2.24, 2.45) is 0 Å². The Balaban J connectivity index is 3.42. The van der Waals surface area contributed by atoms with Crippen LogP contribution in [0.5, 0.6) is 0 Å². The fourth-order valence-corrected chi connectivity index (χ4v) is 11.3. The summed E-state index contributed by atoms with van der Waals surface area (Å²) in [6.45, 7) is 4.35. The molecule has 0 fully saturated rings. The molecule has 4 nitrogen and oxygen atoms in total. The third-order valence-electron chi connectivity index (χ3n) is 16.6. The standard InChI is InChI=1S/C72H139NO3/c1-3-5-7-9-11-13-15-17-19-21-23-25-27-29-30-31-32-33-34-35-36-37-38-39-40-41-42-44-46-48-50-52-54-56-58-60-62-64-66-68-72(76)73-70(69-74)71(75)67-65-63-61-59-57-55-53-51-49-47-45-43-28-26-24-22-20-18-16-14-12-10-8-6-4-2/h35-36,57,59,65,67,70-71,74-75H,3-34,37-56,58,60-64,66,68-69H2,1-2H3,(H,73,76)/b36-35-,59-57+,67-65+. The average molecular weight is 1070 g/mol. The Morgan fingerprint density at radius 3 is 0.763 bits per heavy atom. The molecule has 2 unspecified atom stereocenters. The molecule has 2 atom stereocenters. The SMILES string of the molecule is CCCCCCCCCCCCCCCCCCCC/C=C\CCCCCCCCCCCCCCCCCCCC(=O)NC(CO)C(O)/C=C/CC/C=C/CCCCCCCCCCCCCCCCCCCCC. The molecule has 0 rings (SSSR count). The number of unbranched alkanes of at least 4 members (excludes halogenated alkanes) is 55. The Hall–Kier alpha value is -1.39. The van der Waals surface area contributed by atoms with E-state index in [1.54, 1.807) is 6.08 Å². The van der Waals surface area contributed by atoms with E-state index in [9.17, 15) is 15.0 Å². The summed E-state index contributed by atoms with van der Waals surface area (Å²) in [4.78, 5) is 12.5. The van der Waals surface area contributed by atoms with Crippen LogP contribution in [0.25, 0.3) is 0 Å². The van der Waals surface area contributed by atoms with Crippen LogP contribution in [0.15, 0.2) is 36.5 Å². The van der Waals surface area contributed by atoms with Crippen molar-refractivity contribution in [3.63, 3.8) is 0 Å². The number of nitrogens with one attached hydrogen (secondary N) is 1. The molecule has 0 aromatic heterocycles. The van der Waals surface area contributed by atoms with Crippen LogP contribution in [0.1, 0.15) is 399 Å². The molecule has 0 spiro atoms. The molecule has 0 saturated heterocycles. The highest BCUT2D eigenvalue weighted by Gasteiger charge is 2.18. The minimum Gasteiger partial charge on any atom is -0.394 e. The third kappa shape index (κ3) is 63.4. The summed E-state index contributed by atoms with van der Waals surface area (Å²) in [6.07, 6.45) is 93.9. The highest BCUT2D eigenvalue weighted by molar-refractivity contribution is 5.76. The van der Waals surface area contributed by atoms with Gasteiger partial charge in [0.05, 0.1) is 18.8 Å². The van der Waals surface area contributed by atoms with E-state index in [0.29, 0.717) is 6.42 Å². The molecule has 0 aliphatic rings. The summed E-state index contributed by atoms with van der Waals surface area (Å²) < 4.78 is 0. The van der Waals surface area contributed by atoms with Crippen LogP contribution < -0.4 is 5.32 Å². The number of carbonyl (C=O) groups is 1. The molecule has 0 aromatic rings. The molecule has 0 saturated carbocycles. The van der Waals surface area contributed by atoms with Gasteiger partial charge in [0, 0.05) is 6.42 Å². The Bertz CT molecular complexity index is 1160. The number of rotatable bonds is 66. The number of carbonyl (C=O) groups excluding carboxylic acids is 1. The Labute approximate surface area is 478 Å². The molecule has 4 heteroatoms. The van der Waals surface area contributed by atoms with Crippen molar-refractivity contribution in [3.8, 4) is 0 Å². The van der Waals surface area contributed by atoms with Gasteiger partial charge in [0.15, 0.2) is 0 Å². The van der Waals surface area contributed by atoms with Crippen molar-refractivity contribution in [2.45, 2.75) is 411 Å². The van der Waals surface area contributed by atoms with Gasteiger partial charge in [-0.15, -0.1) is 0 Å². The number of amides is 1. The predicted molar refractivity (Wildman–Crippen MR) is 341 cm³/mol. The van der Waals surface area contributed by atoms with Crippen LogP contribution >= 0.6 is 0 Å². The second-order valence-corrected chi connectivity index (χ2v) is 24.3. The van der Waals surface area contributed by atoms with Gasteiger partial charge in [-0.3, -0.25) is 4.79 Å². The zero-order valence-corrected chi connectivity index (χ0v) is 52.1. The quantitative estimate of drug-likeness (QED) is 0.0420. The second kappa shape index (κ2) is 67.9. The summed E-state index contributed by atoms with van der Waals surface area (Å²) >= 11 is 0. The van der Waals surface area contributed by atoms with Gasteiger partial charge in [0.1, 0.15) is 0 Å². The average Bonchev–Trinajstić information content (AvgIpc) is 3.42. The largest absolute Gasteiger partial charge is 0.394 e. The third-order valence-corrected chi connectivity index (χ3v) is 16.6. The Kier molecular flexibility index (Phi) is 66.6. The maximum atomic E-state index is 12.5. The molecule has 3 N–H and O–H groups in total. The summed E-state index contributed by atoms with van der Waals surface area (Å²) in [5, 5.41) is 23.3. The van der Waals surface area contributed by atoms with Gasteiger partial charge in [0.25, 0.3) is 0 Å². The van der Waals surface area contributed by atoms with Crippen molar-refractivity contribution < 1.29 is 15.0 Å². The number of hydrogen-bond donors (Lipinski definition) is 3. The minimum absolute atomic E-state index is 0.0662. The topological polar surface area (TPSA) is 69.6 Å². The molecule has 0 aromatic carbocycles. The van der Waals surface area contributed by atoms with Crippen LogP contribution in [0.2, 0.25) is 0 Å². The summed E-state index contributed by atoms with van der Waals surface area (Å²) in [7, 11) is 0. The summed E-state index contributed by atoms with van der Waals surface area (Å²) in [5.41, 5.74) is 0. The first kappa shape index (κ1) is 74.6. The van der Waals surface area contributed by atoms with E-state index < -0.39 is 12.1 Å². The maximum Gasteiger partial charge on any atom is 0.220 e. The lowest BCUT2D eigenvalue weighted by Crippen LogP contribution is -2.45. The normalized spacial score (nSPS) is 12.8. The van der Waals surface area contributed by atoms with Gasteiger partial charge in [-0.1, -0.05) is 371 Å². The van der Waals surface area contributed by atoms with E-state index in [2.05, 4.69) is 43.5 Å². The molecule has 1 amide bonds. The van der Waals surface area contributed by atoms with Crippen LogP contribution in [0, 0.1) is 0 Å². The fraction of sp³-hybridized carbons (Fsp3) is 0.903. The van der Waals surface area contributed by atoms with Crippen LogP contribution in [0.4, 0.5) is 0 Å². The van der Waals surface area contributed by atoms with Gasteiger partial charge in [0.2, 0.25) is 5.91 Å². The van der Waals surface area contributed by atoms with E-state index in [-0.39, 0.29) is 12.5 Å². The molecular weight excluding hydrogens is 927 g/mol. The van der Waals surface area contributed by atoms with E-state index in [1.165, 1.54) is 347 Å². The number of aliphatic hydroxyl groups is 2.